The van der Waals surface area contributed by atoms with Gasteiger partial charge in [0.15, 0.2) is 0 Å². The monoisotopic (exact) mass is 342 g/mol. The number of carbonyl (C=O) groups excluding carboxylic acids is 1. The second-order valence-corrected chi connectivity index (χ2v) is 6.67. The zero-order valence-electron chi connectivity index (χ0n) is 14.8. The van der Waals surface area contributed by atoms with Crippen molar-refractivity contribution in [3.05, 3.63) is 48.3 Å². The summed E-state index contributed by atoms with van der Waals surface area (Å²) in [6, 6.07) is 9.99. The summed E-state index contributed by atoms with van der Waals surface area (Å²) >= 11 is 0. The molecule has 1 aliphatic rings. The average molecular weight is 342 g/mol. The Hall–Kier alpha value is -2.34. The fourth-order valence-corrected chi connectivity index (χ4v) is 3.07. The molecule has 0 radical (unpaired) electrons. The summed E-state index contributed by atoms with van der Waals surface area (Å²) < 4.78 is 7.43. The molecule has 134 valence electrons. The Labute approximate surface area is 148 Å². The lowest BCUT2D eigenvalue weighted by atomic mass is 9.95. The smallest absolute Gasteiger partial charge is 0.319 e. The lowest BCUT2D eigenvalue weighted by Gasteiger charge is -2.21. The number of aromatic nitrogens is 2. The molecule has 2 heterocycles. The number of hydrogen-bond acceptors (Lipinski definition) is 3. The Morgan fingerprint density at radius 1 is 1.36 bits per heavy atom. The molecule has 25 heavy (non-hydrogen) atoms. The van der Waals surface area contributed by atoms with Gasteiger partial charge >= 0.3 is 6.03 Å². The lowest BCUT2D eigenvalue weighted by Crippen LogP contribution is -2.38. The number of hydrogen-bond donors (Lipinski definition) is 2. The number of carbonyl (C=O) groups is 1. The van der Waals surface area contributed by atoms with Crippen LogP contribution in [-0.2, 0) is 11.3 Å². The minimum Gasteiger partial charge on any atom is -0.376 e. The van der Waals surface area contributed by atoms with Crippen LogP contribution in [0, 0.1) is 0 Å². The van der Waals surface area contributed by atoms with E-state index in [1.807, 2.05) is 36.0 Å². The Morgan fingerprint density at radius 3 is 2.88 bits per heavy atom. The molecule has 6 heteroatoms. The number of nitrogens with one attached hydrogen (secondary N) is 2. The minimum absolute atomic E-state index is 0.0179. The molecule has 6 nitrogen and oxygen atoms in total. The molecule has 1 aliphatic heterocycles. The molecule has 0 bridgehead atoms. The van der Waals surface area contributed by atoms with Gasteiger partial charge in [0.05, 0.1) is 24.5 Å². The maximum atomic E-state index is 12.2. The van der Waals surface area contributed by atoms with E-state index in [9.17, 15) is 4.79 Å². The van der Waals surface area contributed by atoms with Gasteiger partial charge in [-0.3, -0.25) is 4.68 Å². The van der Waals surface area contributed by atoms with Crippen LogP contribution in [-0.4, -0.2) is 34.6 Å². The van der Waals surface area contributed by atoms with E-state index in [0.29, 0.717) is 5.69 Å². The van der Waals surface area contributed by atoms with E-state index < -0.39 is 0 Å². The van der Waals surface area contributed by atoms with Gasteiger partial charge in [0.25, 0.3) is 0 Å². The molecule has 2 amide bonds. The van der Waals surface area contributed by atoms with Crippen molar-refractivity contribution in [3.63, 3.8) is 0 Å². The summed E-state index contributed by atoms with van der Waals surface area (Å²) in [5.41, 5.74) is 1.90. The van der Waals surface area contributed by atoms with Crippen molar-refractivity contribution in [1.29, 1.82) is 0 Å². The van der Waals surface area contributed by atoms with E-state index in [2.05, 4.69) is 34.8 Å². The van der Waals surface area contributed by atoms with Crippen LogP contribution >= 0.6 is 0 Å². The highest BCUT2D eigenvalue weighted by Gasteiger charge is 2.18. The van der Waals surface area contributed by atoms with Gasteiger partial charge in [-0.05, 0) is 25.3 Å². The highest BCUT2D eigenvalue weighted by atomic mass is 16.5. The molecule has 2 aromatic rings. The predicted octanol–water partition coefficient (Wildman–Crippen LogP) is 3.38. The average Bonchev–Trinajstić information content (AvgIpc) is 3.27. The highest BCUT2D eigenvalue weighted by molar-refractivity contribution is 5.89. The first-order chi connectivity index (χ1) is 12.1. The summed E-state index contributed by atoms with van der Waals surface area (Å²) in [6.45, 7) is 5.68. The molecule has 0 saturated carbocycles. The molecular formula is C19H26N4O2. The maximum absolute atomic E-state index is 12.2. The lowest BCUT2D eigenvalue weighted by molar-refractivity contribution is 0.0940. The first-order valence-corrected chi connectivity index (χ1v) is 8.88. The normalized spacial score (nSPS) is 19.4. The van der Waals surface area contributed by atoms with Crippen LogP contribution in [0.5, 0.6) is 0 Å². The largest absolute Gasteiger partial charge is 0.376 e. The third-order valence-corrected chi connectivity index (χ3v) is 4.74. The molecule has 0 spiro atoms. The topological polar surface area (TPSA) is 68.2 Å². The Morgan fingerprint density at radius 2 is 2.16 bits per heavy atom. The van der Waals surface area contributed by atoms with Crippen molar-refractivity contribution in [2.75, 3.05) is 11.9 Å². The minimum atomic E-state index is -0.216. The van der Waals surface area contributed by atoms with E-state index in [-0.39, 0.29) is 24.1 Å². The van der Waals surface area contributed by atoms with E-state index in [1.54, 1.807) is 6.20 Å². The van der Waals surface area contributed by atoms with Crippen molar-refractivity contribution in [3.8, 4) is 0 Å². The molecule has 3 rings (SSSR count). The first kappa shape index (κ1) is 17.5. The summed E-state index contributed by atoms with van der Waals surface area (Å²) in [5.74, 6) is 0.231. The van der Waals surface area contributed by atoms with E-state index in [0.717, 1.165) is 26.0 Å². The number of urea groups is 1. The number of rotatable bonds is 6. The predicted molar refractivity (Wildman–Crippen MR) is 97.7 cm³/mol. The maximum Gasteiger partial charge on any atom is 0.319 e. The van der Waals surface area contributed by atoms with E-state index in [4.69, 9.17) is 4.74 Å². The van der Waals surface area contributed by atoms with Crippen LogP contribution in [0.15, 0.2) is 42.7 Å². The Kier molecular flexibility index (Phi) is 5.71. The van der Waals surface area contributed by atoms with Crippen molar-refractivity contribution < 1.29 is 9.53 Å². The molecule has 1 saturated heterocycles. The van der Waals surface area contributed by atoms with Gasteiger partial charge < -0.3 is 15.4 Å². The number of benzene rings is 1. The van der Waals surface area contributed by atoms with Gasteiger partial charge in [0.1, 0.15) is 0 Å². The molecule has 1 aromatic heterocycles. The Balaban J connectivity index is 1.49. The standard InChI is InChI=1S/C19H26N4O2/c1-14(16-7-4-3-5-8-16)15(2)21-19(24)22-17-11-20-23(12-17)13-18-9-6-10-25-18/h3-5,7-8,11-12,14-15,18H,6,9-10,13H2,1-2H3,(H2,21,22,24)/t14-,15-,18-/m0/s1. The molecule has 3 atom stereocenters. The fourth-order valence-electron chi connectivity index (χ4n) is 3.07. The number of amides is 2. The van der Waals surface area contributed by atoms with Crippen molar-refractivity contribution in [2.45, 2.75) is 51.3 Å². The van der Waals surface area contributed by atoms with Gasteiger partial charge in [0.2, 0.25) is 0 Å². The van der Waals surface area contributed by atoms with Crippen LogP contribution in [0.1, 0.15) is 38.2 Å². The zero-order chi connectivity index (χ0) is 17.6. The summed E-state index contributed by atoms with van der Waals surface area (Å²) in [6.07, 6.45) is 5.91. The van der Waals surface area contributed by atoms with Gasteiger partial charge in [-0.1, -0.05) is 37.3 Å². The number of anilines is 1. The zero-order valence-corrected chi connectivity index (χ0v) is 14.8. The highest BCUT2D eigenvalue weighted by Crippen LogP contribution is 2.19. The molecule has 1 fully saturated rings. The van der Waals surface area contributed by atoms with Crippen molar-refractivity contribution in [2.24, 2.45) is 0 Å². The summed E-state index contributed by atoms with van der Waals surface area (Å²) in [5, 5.41) is 10.1. The first-order valence-electron chi connectivity index (χ1n) is 8.88. The fraction of sp³-hybridized carbons (Fsp3) is 0.474. The van der Waals surface area contributed by atoms with Gasteiger partial charge in [-0.2, -0.15) is 5.10 Å². The molecule has 1 aromatic carbocycles. The van der Waals surface area contributed by atoms with Crippen LogP contribution in [0.25, 0.3) is 0 Å². The quantitative estimate of drug-likeness (QED) is 0.846. The number of nitrogens with zero attached hydrogens (tertiary/aromatic N) is 2. The van der Waals surface area contributed by atoms with Gasteiger partial charge in [-0.25, -0.2) is 4.79 Å². The third kappa shape index (κ3) is 4.82. The molecule has 2 N–H and O–H groups in total. The molecule has 0 unspecified atom stereocenters. The summed E-state index contributed by atoms with van der Waals surface area (Å²) in [4.78, 5) is 12.2. The van der Waals surface area contributed by atoms with Crippen molar-refractivity contribution >= 4 is 11.7 Å². The molecular weight excluding hydrogens is 316 g/mol. The van der Waals surface area contributed by atoms with Gasteiger partial charge in [-0.15, -0.1) is 0 Å². The summed E-state index contributed by atoms with van der Waals surface area (Å²) in [7, 11) is 0. The van der Waals surface area contributed by atoms with Crippen LogP contribution in [0.2, 0.25) is 0 Å². The van der Waals surface area contributed by atoms with E-state index in [1.165, 1.54) is 5.56 Å². The van der Waals surface area contributed by atoms with Crippen molar-refractivity contribution in [1.82, 2.24) is 15.1 Å². The second kappa shape index (κ2) is 8.16. The SMILES string of the molecule is C[C@H](NC(=O)Nc1cnn(C[C@@H]2CCCO2)c1)[C@H](C)c1ccccc1. The van der Waals surface area contributed by atoms with E-state index >= 15 is 0 Å². The van der Waals surface area contributed by atoms with Crippen LogP contribution in [0.3, 0.4) is 0 Å². The van der Waals surface area contributed by atoms with Gasteiger partial charge in [0, 0.05) is 24.8 Å². The Bertz CT molecular complexity index is 680. The van der Waals surface area contributed by atoms with Crippen LogP contribution < -0.4 is 10.6 Å². The second-order valence-electron chi connectivity index (χ2n) is 6.67. The van der Waals surface area contributed by atoms with Crippen LogP contribution in [0.4, 0.5) is 10.5 Å². The molecule has 0 aliphatic carbocycles. The third-order valence-electron chi connectivity index (χ3n) is 4.74. The number of ether oxygens (including phenoxy) is 1.